The predicted molar refractivity (Wildman–Crippen MR) is 126 cm³/mol. The molecule has 0 fully saturated rings. The van der Waals surface area contributed by atoms with Crippen molar-refractivity contribution in [1.82, 2.24) is 14.3 Å². The third kappa shape index (κ3) is 3.86. The van der Waals surface area contributed by atoms with Crippen LogP contribution in [-0.4, -0.2) is 32.3 Å². The number of anilines is 1. The Bertz CT molecular complexity index is 1330. The van der Waals surface area contributed by atoms with E-state index in [9.17, 15) is 9.59 Å². The molecule has 32 heavy (non-hydrogen) atoms. The Hall–Kier alpha value is -3.61. The molecule has 2 heterocycles. The predicted octanol–water partition coefficient (Wildman–Crippen LogP) is 4.28. The normalized spacial score (nSPS) is 12.3. The molecule has 4 rings (SSSR count). The fourth-order valence-electron chi connectivity index (χ4n) is 4.23. The number of hydrogen-bond acceptors (Lipinski definition) is 4. The van der Waals surface area contributed by atoms with E-state index in [4.69, 9.17) is 4.74 Å². The number of carbonyl (C=O) groups is 2. The number of aryl methyl sites for hydroxylation is 3. The van der Waals surface area contributed by atoms with Crippen molar-refractivity contribution in [3.05, 3.63) is 59.4 Å². The number of nitrogens with one attached hydrogen (secondary N) is 1. The zero-order chi connectivity index (χ0) is 23.0. The summed E-state index contributed by atoms with van der Waals surface area (Å²) in [5.74, 6) is -0.815. The first-order valence-electron chi connectivity index (χ1n) is 10.8. The van der Waals surface area contributed by atoms with Crippen LogP contribution in [0.15, 0.2) is 42.5 Å². The molecule has 0 bridgehead atoms. The third-order valence-electron chi connectivity index (χ3n) is 6.01. The number of nitrogens with zero attached hydrogens (tertiary/aromatic N) is 3. The number of ether oxygens (including phenoxy) is 1. The minimum absolute atomic E-state index is 0.0889. The van der Waals surface area contributed by atoms with Gasteiger partial charge in [-0.3, -0.25) is 14.3 Å². The van der Waals surface area contributed by atoms with Gasteiger partial charge in [-0.15, -0.1) is 0 Å². The van der Waals surface area contributed by atoms with Gasteiger partial charge in [0, 0.05) is 52.3 Å². The second-order valence-corrected chi connectivity index (χ2v) is 8.06. The van der Waals surface area contributed by atoms with Gasteiger partial charge in [0.1, 0.15) is 0 Å². The molecule has 0 saturated carbocycles. The average molecular weight is 433 g/mol. The van der Waals surface area contributed by atoms with E-state index in [1.165, 1.54) is 0 Å². The first-order chi connectivity index (χ1) is 15.3. The summed E-state index contributed by atoms with van der Waals surface area (Å²) >= 11 is 0. The van der Waals surface area contributed by atoms with E-state index >= 15 is 0 Å². The minimum Gasteiger partial charge on any atom is -0.452 e. The van der Waals surface area contributed by atoms with Gasteiger partial charge in [-0.1, -0.05) is 18.2 Å². The van der Waals surface area contributed by atoms with Gasteiger partial charge in [0.25, 0.3) is 5.91 Å². The number of benzene rings is 2. The monoisotopic (exact) mass is 432 g/mol. The van der Waals surface area contributed by atoms with Gasteiger partial charge in [-0.25, -0.2) is 0 Å². The van der Waals surface area contributed by atoms with Crippen LogP contribution in [0.3, 0.4) is 0 Å². The van der Waals surface area contributed by atoms with E-state index in [0.717, 1.165) is 45.3 Å². The van der Waals surface area contributed by atoms with Crippen LogP contribution in [0.5, 0.6) is 0 Å². The lowest BCUT2D eigenvalue weighted by Gasteiger charge is -2.14. The van der Waals surface area contributed by atoms with Crippen molar-refractivity contribution < 1.29 is 14.3 Å². The fraction of sp³-hybridized carbons (Fsp3) is 0.320. The van der Waals surface area contributed by atoms with Crippen molar-refractivity contribution in [3.63, 3.8) is 0 Å². The van der Waals surface area contributed by atoms with Gasteiger partial charge >= 0.3 is 5.97 Å². The van der Waals surface area contributed by atoms with E-state index in [1.54, 1.807) is 11.6 Å². The number of amides is 1. The third-order valence-corrected chi connectivity index (χ3v) is 6.01. The van der Waals surface area contributed by atoms with E-state index < -0.39 is 12.1 Å². The van der Waals surface area contributed by atoms with Crippen LogP contribution in [0.25, 0.3) is 21.8 Å². The van der Waals surface area contributed by atoms with Crippen molar-refractivity contribution in [2.24, 2.45) is 7.05 Å². The lowest BCUT2D eigenvalue weighted by molar-refractivity contribution is -0.152. The summed E-state index contributed by atoms with van der Waals surface area (Å²) in [6.07, 6.45) is -0.821. The van der Waals surface area contributed by atoms with E-state index in [2.05, 4.69) is 34.0 Å². The molecule has 0 aliphatic rings. The maximum Gasteiger partial charge on any atom is 0.311 e. The molecule has 7 nitrogen and oxygen atoms in total. The molecular weight excluding hydrogens is 404 g/mol. The summed E-state index contributed by atoms with van der Waals surface area (Å²) in [4.78, 5) is 25.1. The van der Waals surface area contributed by atoms with Gasteiger partial charge in [-0.2, -0.15) is 5.10 Å². The second kappa shape index (κ2) is 8.49. The second-order valence-electron chi connectivity index (χ2n) is 8.06. The van der Waals surface area contributed by atoms with E-state index in [0.29, 0.717) is 5.69 Å². The van der Waals surface area contributed by atoms with Crippen LogP contribution in [0.1, 0.15) is 30.8 Å². The zero-order valence-corrected chi connectivity index (χ0v) is 19.1. The van der Waals surface area contributed by atoms with Crippen molar-refractivity contribution in [2.45, 2.75) is 46.8 Å². The molecule has 4 aromatic rings. The molecule has 0 saturated heterocycles. The number of fused-ring (bicyclic) bond motifs is 3. The highest BCUT2D eigenvalue weighted by Crippen LogP contribution is 2.31. The first-order valence-corrected chi connectivity index (χ1v) is 10.8. The van der Waals surface area contributed by atoms with Crippen molar-refractivity contribution in [1.29, 1.82) is 0 Å². The Kier molecular flexibility index (Phi) is 5.74. The molecule has 0 radical (unpaired) electrons. The summed E-state index contributed by atoms with van der Waals surface area (Å²) in [5, 5.41) is 9.41. The van der Waals surface area contributed by atoms with Crippen LogP contribution in [0.4, 0.5) is 5.69 Å². The Balaban J connectivity index is 1.48. The zero-order valence-electron chi connectivity index (χ0n) is 19.1. The molecule has 0 aliphatic heterocycles. The highest BCUT2D eigenvalue weighted by molar-refractivity contribution is 6.10. The van der Waals surface area contributed by atoms with Gasteiger partial charge in [-0.05, 0) is 52.0 Å². The van der Waals surface area contributed by atoms with Crippen molar-refractivity contribution in [3.8, 4) is 0 Å². The molecule has 0 spiro atoms. The molecule has 7 heteroatoms. The molecular formula is C25H28N4O3. The SMILES string of the molecule is CCn1c2ccccc2c2cc(NC(=O)C(C)OC(=O)Cc3c(C)nn(C)c3C)ccc21. The van der Waals surface area contributed by atoms with Crippen molar-refractivity contribution >= 4 is 39.4 Å². The van der Waals surface area contributed by atoms with Crippen LogP contribution >= 0.6 is 0 Å². The average Bonchev–Trinajstić information content (AvgIpc) is 3.21. The van der Waals surface area contributed by atoms with E-state index in [-0.39, 0.29) is 12.3 Å². The van der Waals surface area contributed by atoms with Crippen LogP contribution in [-0.2, 0) is 34.3 Å². The fourth-order valence-corrected chi connectivity index (χ4v) is 4.23. The van der Waals surface area contributed by atoms with Crippen LogP contribution in [0, 0.1) is 13.8 Å². The van der Waals surface area contributed by atoms with Gasteiger partial charge < -0.3 is 14.6 Å². The molecule has 2 aromatic heterocycles. The number of carbonyl (C=O) groups excluding carboxylic acids is 2. The quantitative estimate of drug-likeness (QED) is 0.462. The molecule has 166 valence electrons. The summed E-state index contributed by atoms with van der Waals surface area (Å²) in [6.45, 7) is 8.32. The van der Waals surface area contributed by atoms with Crippen LogP contribution in [0.2, 0.25) is 0 Å². The summed E-state index contributed by atoms with van der Waals surface area (Å²) < 4.78 is 9.38. The summed E-state index contributed by atoms with van der Waals surface area (Å²) in [7, 11) is 1.84. The summed E-state index contributed by atoms with van der Waals surface area (Å²) in [5.41, 5.74) is 5.49. The lowest BCUT2D eigenvalue weighted by Crippen LogP contribution is -2.30. The minimum atomic E-state index is -0.910. The Morgan fingerprint density at radius 3 is 2.50 bits per heavy atom. The number of rotatable bonds is 6. The molecule has 1 N–H and O–H groups in total. The molecule has 2 aromatic carbocycles. The molecule has 0 aliphatic carbocycles. The summed E-state index contributed by atoms with van der Waals surface area (Å²) in [6, 6.07) is 14.1. The highest BCUT2D eigenvalue weighted by atomic mass is 16.5. The first kappa shape index (κ1) is 21.6. The van der Waals surface area contributed by atoms with Gasteiger partial charge in [0.15, 0.2) is 6.10 Å². The smallest absolute Gasteiger partial charge is 0.311 e. The Labute approximate surface area is 187 Å². The number of aromatic nitrogens is 3. The Morgan fingerprint density at radius 2 is 1.81 bits per heavy atom. The van der Waals surface area contributed by atoms with Crippen molar-refractivity contribution in [2.75, 3.05) is 5.32 Å². The molecule has 1 unspecified atom stereocenters. The number of esters is 1. The highest BCUT2D eigenvalue weighted by Gasteiger charge is 2.21. The standard InChI is InChI=1S/C25H28N4O3/c1-6-29-22-10-8-7-9-19(22)21-13-18(11-12-23(21)29)26-25(31)17(4)32-24(30)14-20-15(2)27-28(5)16(20)3/h7-13,17H,6,14H2,1-5H3,(H,26,31). The van der Waals surface area contributed by atoms with Gasteiger partial charge in [0.05, 0.1) is 12.1 Å². The molecule has 1 amide bonds. The molecule has 1 atom stereocenters. The largest absolute Gasteiger partial charge is 0.452 e. The number of hydrogen-bond donors (Lipinski definition) is 1. The van der Waals surface area contributed by atoms with Gasteiger partial charge in [0.2, 0.25) is 0 Å². The number of para-hydroxylation sites is 1. The maximum atomic E-state index is 12.7. The topological polar surface area (TPSA) is 78.2 Å². The lowest BCUT2D eigenvalue weighted by atomic mass is 10.1. The Morgan fingerprint density at radius 1 is 1.09 bits per heavy atom. The maximum absolute atomic E-state index is 12.7. The van der Waals surface area contributed by atoms with E-state index in [1.807, 2.05) is 51.2 Å². The van der Waals surface area contributed by atoms with Crippen LogP contribution < -0.4 is 5.32 Å².